The average molecular weight is 341 g/mol. The van der Waals surface area contributed by atoms with Crippen LogP contribution in [0.2, 0.25) is 0 Å². The molecular weight excluding hydrogens is 320 g/mol. The molecule has 2 N–H and O–H groups in total. The summed E-state index contributed by atoms with van der Waals surface area (Å²) >= 11 is 3.34. The van der Waals surface area contributed by atoms with Crippen LogP contribution < -0.4 is 10.6 Å². The molecule has 0 aliphatic rings. The third-order valence-electron chi connectivity index (χ3n) is 2.89. The maximum absolute atomic E-state index is 12.2. The van der Waals surface area contributed by atoms with Gasteiger partial charge in [0, 0.05) is 16.7 Å². The van der Waals surface area contributed by atoms with E-state index in [1.54, 1.807) is 26.0 Å². The lowest BCUT2D eigenvalue weighted by Crippen LogP contribution is -2.46. The molecule has 0 unspecified atom stereocenters. The molecule has 1 aromatic carbocycles. The van der Waals surface area contributed by atoms with Crippen LogP contribution in [0.3, 0.4) is 0 Å². The molecule has 1 rings (SSSR count). The fourth-order valence-corrected chi connectivity index (χ4v) is 1.87. The molecule has 0 heterocycles. The highest BCUT2D eigenvalue weighted by Crippen LogP contribution is 2.21. The normalized spacial score (nSPS) is 11.3. The van der Waals surface area contributed by atoms with Crippen molar-refractivity contribution in [3.8, 4) is 0 Å². The van der Waals surface area contributed by atoms with Gasteiger partial charge in [-0.1, -0.05) is 35.8 Å². The summed E-state index contributed by atoms with van der Waals surface area (Å²) in [6, 6.07) is 7.27. The number of benzene rings is 1. The first-order valence-corrected chi connectivity index (χ1v) is 7.38. The highest BCUT2D eigenvalue weighted by molar-refractivity contribution is 9.10. The van der Waals surface area contributed by atoms with E-state index in [9.17, 15) is 9.59 Å². The Morgan fingerprint density at radius 3 is 2.45 bits per heavy atom. The lowest BCUT2D eigenvalue weighted by Gasteiger charge is -2.23. The standard InChI is InChI=1S/C15H21BrN2O2/c1-10(2)9-17-13(19)15(3,4)14(20)18-12-7-5-6-11(16)8-12/h5-8,10H,9H2,1-4H3,(H,17,19)(H,18,20). The summed E-state index contributed by atoms with van der Waals surface area (Å²) in [7, 11) is 0. The Kier molecular flexibility index (Phi) is 5.74. The molecule has 0 radical (unpaired) electrons. The summed E-state index contributed by atoms with van der Waals surface area (Å²) in [5.74, 6) is -0.238. The van der Waals surface area contributed by atoms with Crippen LogP contribution >= 0.6 is 15.9 Å². The molecular formula is C15H21BrN2O2. The van der Waals surface area contributed by atoms with Gasteiger partial charge in [0.25, 0.3) is 0 Å². The second-order valence-corrected chi connectivity index (χ2v) is 6.61. The van der Waals surface area contributed by atoms with Crippen LogP contribution in [0.4, 0.5) is 5.69 Å². The molecule has 0 atom stereocenters. The van der Waals surface area contributed by atoms with Crippen molar-refractivity contribution in [2.45, 2.75) is 27.7 Å². The first kappa shape index (κ1) is 16.7. The second kappa shape index (κ2) is 6.88. The third-order valence-corrected chi connectivity index (χ3v) is 3.38. The third kappa shape index (κ3) is 4.63. The number of rotatable bonds is 5. The van der Waals surface area contributed by atoms with E-state index in [0.717, 1.165) is 4.47 Å². The zero-order chi connectivity index (χ0) is 15.3. The Morgan fingerprint density at radius 2 is 1.90 bits per heavy atom. The van der Waals surface area contributed by atoms with Gasteiger partial charge in [-0.05, 0) is 38.0 Å². The van der Waals surface area contributed by atoms with Crippen molar-refractivity contribution in [3.05, 3.63) is 28.7 Å². The van der Waals surface area contributed by atoms with E-state index in [4.69, 9.17) is 0 Å². The number of carbonyl (C=O) groups excluding carboxylic acids is 2. The van der Waals surface area contributed by atoms with Crippen molar-refractivity contribution in [2.75, 3.05) is 11.9 Å². The summed E-state index contributed by atoms with van der Waals surface area (Å²) < 4.78 is 0.873. The Balaban J connectivity index is 2.71. The van der Waals surface area contributed by atoms with E-state index in [1.165, 1.54) is 0 Å². The molecule has 0 saturated carbocycles. The van der Waals surface area contributed by atoms with Crippen LogP contribution in [0.5, 0.6) is 0 Å². The van der Waals surface area contributed by atoms with Crippen molar-refractivity contribution in [1.82, 2.24) is 5.32 Å². The molecule has 0 aliphatic carbocycles. The summed E-state index contributed by atoms with van der Waals surface area (Å²) in [5, 5.41) is 5.55. The van der Waals surface area contributed by atoms with Crippen molar-refractivity contribution in [3.63, 3.8) is 0 Å². The summed E-state index contributed by atoms with van der Waals surface area (Å²) in [6.45, 7) is 7.82. The molecule has 4 nitrogen and oxygen atoms in total. The van der Waals surface area contributed by atoms with E-state index in [-0.39, 0.29) is 11.8 Å². The summed E-state index contributed by atoms with van der Waals surface area (Å²) in [4.78, 5) is 24.3. The predicted octanol–water partition coefficient (Wildman–Crippen LogP) is 3.19. The van der Waals surface area contributed by atoms with E-state index in [2.05, 4.69) is 26.6 Å². The monoisotopic (exact) mass is 340 g/mol. The van der Waals surface area contributed by atoms with E-state index in [0.29, 0.717) is 18.2 Å². The maximum Gasteiger partial charge on any atom is 0.239 e. The molecule has 0 saturated heterocycles. The van der Waals surface area contributed by atoms with Crippen molar-refractivity contribution < 1.29 is 9.59 Å². The summed E-state index contributed by atoms with van der Waals surface area (Å²) in [6.07, 6.45) is 0. The van der Waals surface area contributed by atoms with Crippen LogP contribution in [0, 0.1) is 11.3 Å². The number of nitrogens with one attached hydrogen (secondary N) is 2. The van der Waals surface area contributed by atoms with Crippen LogP contribution in [-0.4, -0.2) is 18.4 Å². The first-order chi connectivity index (χ1) is 9.23. The Bertz CT molecular complexity index is 498. The minimum absolute atomic E-state index is 0.265. The molecule has 2 amide bonds. The number of carbonyl (C=O) groups is 2. The van der Waals surface area contributed by atoms with Crippen LogP contribution in [0.25, 0.3) is 0 Å². The van der Waals surface area contributed by atoms with Crippen LogP contribution in [-0.2, 0) is 9.59 Å². The number of halogens is 1. The smallest absolute Gasteiger partial charge is 0.239 e. The minimum Gasteiger partial charge on any atom is -0.355 e. The maximum atomic E-state index is 12.2. The van der Waals surface area contributed by atoms with Gasteiger partial charge in [0.2, 0.25) is 11.8 Å². The second-order valence-electron chi connectivity index (χ2n) is 5.69. The fraction of sp³-hybridized carbons (Fsp3) is 0.467. The minimum atomic E-state index is -1.11. The molecule has 1 aromatic rings. The quantitative estimate of drug-likeness (QED) is 0.808. The number of hydrogen-bond acceptors (Lipinski definition) is 2. The molecule has 0 spiro atoms. The molecule has 5 heteroatoms. The number of amides is 2. The highest BCUT2D eigenvalue weighted by Gasteiger charge is 2.35. The Hall–Kier alpha value is -1.36. The van der Waals surface area contributed by atoms with Crippen molar-refractivity contribution in [2.24, 2.45) is 11.3 Å². The first-order valence-electron chi connectivity index (χ1n) is 6.59. The van der Waals surface area contributed by atoms with E-state index in [1.807, 2.05) is 26.0 Å². The number of hydrogen-bond donors (Lipinski definition) is 2. The summed E-state index contributed by atoms with van der Waals surface area (Å²) in [5.41, 5.74) is -0.453. The Morgan fingerprint density at radius 1 is 1.25 bits per heavy atom. The molecule has 0 aliphatic heterocycles. The molecule has 0 aromatic heterocycles. The van der Waals surface area contributed by atoms with Gasteiger partial charge >= 0.3 is 0 Å². The van der Waals surface area contributed by atoms with Gasteiger partial charge in [0.05, 0.1) is 0 Å². The van der Waals surface area contributed by atoms with Crippen LogP contribution in [0.1, 0.15) is 27.7 Å². The molecule has 0 bridgehead atoms. The van der Waals surface area contributed by atoms with Gasteiger partial charge in [0.1, 0.15) is 5.41 Å². The average Bonchev–Trinajstić information content (AvgIpc) is 2.35. The van der Waals surface area contributed by atoms with Gasteiger partial charge in [-0.2, -0.15) is 0 Å². The Labute approximate surface area is 128 Å². The topological polar surface area (TPSA) is 58.2 Å². The number of anilines is 1. The molecule has 0 fully saturated rings. The van der Waals surface area contributed by atoms with Crippen molar-refractivity contribution in [1.29, 1.82) is 0 Å². The van der Waals surface area contributed by atoms with Crippen LogP contribution in [0.15, 0.2) is 28.7 Å². The van der Waals surface area contributed by atoms with Gasteiger partial charge < -0.3 is 10.6 Å². The predicted molar refractivity (Wildman–Crippen MR) is 84.4 cm³/mol. The lowest BCUT2D eigenvalue weighted by atomic mass is 9.90. The largest absolute Gasteiger partial charge is 0.355 e. The van der Waals surface area contributed by atoms with Gasteiger partial charge in [-0.3, -0.25) is 9.59 Å². The SMILES string of the molecule is CC(C)CNC(=O)C(C)(C)C(=O)Nc1cccc(Br)c1. The van der Waals surface area contributed by atoms with Gasteiger partial charge in [0.15, 0.2) is 0 Å². The fourth-order valence-electron chi connectivity index (χ4n) is 1.47. The van der Waals surface area contributed by atoms with Gasteiger partial charge in [-0.15, -0.1) is 0 Å². The lowest BCUT2D eigenvalue weighted by molar-refractivity contribution is -0.138. The zero-order valence-corrected chi connectivity index (χ0v) is 13.9. The molecule has 20 heavy (non-hydrogen) atoms. The van der Waals surface area contributed by atoms with Crippen molar-refractivity contribution >= 4 is 33.4 Å². The highest BCUT2D eigenvalue weighted by atomic mass is 79.9. The van der Waals surface area contributed by atoms with E-state index < -0.39 is 5.41 Å². The van der Waals surface area contributed by atoms with E-state index >= 15 is 0 Å². The zero-order valence-electron chi connectivity index (χ0n) is 12.3. The van der Waals surface area contributed by atoms with Gasteiger partial charge in [-0.25, -0.2) is 0 Å². The molecule has 110 valence electrons.